The minimum atomic E-state index is 0.929. The van der Waals surface area contributed by atoms with Crippen molar-refractivity contribution in [3.05, 3.63) is 18.5 Å². The van der Waals surface area contributed by atoms with Crippen LogP contribution in [0.4, 0.5) is 11.4 Å². The summed E-state index contributed by atoms with van der Waals surface area (Å²) in [7, 11) is 0. The molecule has 1 aromatic rings. The van der Waals surface area contributed by atoms with Crippen molar-refractivity contribution in [1.82, 2.24) is 9.88 Å². The Balaban J connectivity index is 1.75. The first kappa shape index (κ1) is 12.2. The van der Waals surface area contributed by atoms with Crippen molar-refractivity contribution in [3.63, 3.8) is 0 Å². The summed E-state index contributed by atoms with van der Waals surface area (Å²) in [6.45, 7) is 7.67. The second-order valence-electron chi connectivity index (χ2n) is 4.47. The molecule has 2 rings (SSSR count). The highest BCUT2D eigenvalue weighted by molar-refractivity contribution is 5.53. The summed E-state index contributed by atoms with van der Waals surface area (Å²) in [4.78, 5) is 6.72. The Bertz CT molecular complexity index is 334. The van der Waals surface area contributed by atoms with Crippen LogP contribution >= 0.6 is 0 Å². The number of likely N-dealkylation sites (tertiary alicyclic amines) is 1. The quantitative estimate of drug-likeness (QED) is 0.790. The van der Waals surface area contributed by atoms with Gasteiger partial charge in [0.15, 0.2) is 0 Å². The summed E-state index contributed by atoms with van der Waals surface area (Å²) in [6.07, 6.45) is 6.45. The smallest absolute Gasteiger partial charge is 0.0547 e. The van der Waals surface area contributed by atoms with Gasteiger partial charge < -0.3 is 15.5 Å². The Hall–Kier alpha value is -1.29. The lowest BCUT2D eigenvalue weighted by atomic mass is 10.3. The zero-order valence-corrected chi connectivity index (χ0v) is 10.6. The number of hydrogen-bond donors (Lipinski definition) is 2. The van der Waals surface area contributed by atoms with E-state index in [0.29, 0.717) is 0 Å². The zero-order chi connectivity index (χ0) is 11.9. The molecule has 1 saturated heterocycles. The molecule has 0 amide bonds. The van der Waals surface area contributed by atoms with Crippen LogP contribution in [0.15, 0.2) is 18.5 Å². The fourth-order valence-electron chi connectivity index (χ4n) is 2.20. The molecular weight excluding hydrogens is 212 g/mol. The maximum Gasteiger partial charge on any atom is 0.0547 e. The van der Waals surface area contributed by atoms with Gasteiger partial charge in [-0.2, -0.15) is 0 Å². The van der Waals surface area contributed by atoms with Crippen LogP contribution in [0.3, 0.4) is 0 Å². The van der Waals surface area contributed by atoms with Crippen molar-refractivity contribution >= 4 is 11.4 Å². The molecule has 1 aliphatic heterocycles. The highest BCUT2D eigenvalue weighted by atomic mass is 15.1. The molecule has 4 nitrogen and oxygen atoms in total. The van der Waals surface area contributed by atoms with Gasteiger partial charge in [0.1, 0.15) is 0 Å². The van der Waals surface area contributed by atoms with Gasteiger partial charge in [-0.15, -0.1) is 0 Å². The van der Waals surface area contributed by atoms with Crippen LogP contribution in [0.2, 0.25) is 0 Å². The first-order valence-corrected chi connectivity index (χ1v) is 6.53. The predicted octanol–water partition coefficient (Wildman–Crippen LogP) is 2.02. The number of anilines is 2. The van der Waals surface area contributed by atoms with Crippen LogP contribution in [0.25, 0.3) is 0 Å². The fraction of sp³-hybridized carbons (Fsp3) is 0.615. The van der Waals surface area contributed by atoms with Crippen LogP contribution in [0, 0.1) is 0 Å². The lowest BCUT2D eigenvalue weighted by molar-refractivity contribution is 0.352. The van der Waals surface area contributed by atoms with E-state index in [2.05, 4.69) is 33.5 Å². The average Bonchev–Trinajstić information content (AvgIpc) is 2.83. The first-order valence-electron chi connectivity index (χ1n) is 6.53. The van der Waals surface area contributed by atoms with Crippen LogP contribution in [0.1, 0.15) is 19.8 Å². The number of aromatic nitrogens is 1. The molecule has 1 aromatic heterocycles. The summed E-state index contributed by atoms with van der Waals surface area (Å²) >= 11 is 0. The number of pyridine rings is 1. The zero-order valence-electron chi connectivity index (χ0n) is 10.6. The van der Waals surface area contributed by atoms with Crippen molar-refractivity contribution in [2.24, 2.45) is 0 Å². The second-order valence-corrected chi connectivity index (χ2v) is 4.47. The Morgan fingerprint density at radius 2 is 1.88 bits per heavy atom. The Labute approximate surface area is 103 Å². The minimum Gasteiger partial charge on any atom is -0.384 e. The Morgan fingerprint density at radius 3 is 2.59 bits per heavy atom. The Morgan fingerprint density at radius 1 is 1.18 bits per heavy atom. The van der Waals surface area contributed by atoms with Crippen molar-refractivity contribution in [1.29, 1.82) is 0 Å². The maximum atomic E-state index is 4.22. The van der Waals surface area contributed by atoms with Crippen LogP contribution < -0.4 is 10.6 Å². The summed E-state index contributed by atoms with van der Waals surface area (Å²) in [5, 5.41) is 6.69. The summed E-state index contributed by atoms with van der Waals surface area (Å²) in [5.41, 5.74) is 2.18. The third-order valence-electron chi connectivity index (χ3n) is 3.07. The van der Waals surface area contributed by atoms with E-state index in [1.54, 1.807) is 0 Å². The van der Waals surface area contributed by atoms with E-state index in [4.69, 9.17) is 0 Å². The third-order valence-corrected chi connectivity index (χ3v) is 3.07. The first-order chi connectivity index (χ1) is 8.38. The SMILES string of the molecule is CCNc1cncc(NCCN2CCCC2)c1. The van der Waals surface area contributed by atoms with Crippen molar-refractivity contribution in [2.75, 3.05) is 43.4 Å². The normalized spacial score (nSPS) is 16.1. The van der Waals surface area contributed by atoms with Crippen molar-refractivity contribution in [2.45, 2.75) is 19.8 Å². The third kappa shape index (κ3) is 3.89. The molecule has 2 N–H and O–H groups in total. The van der Waals surface area contributed by atoms with Gasteiger partial charge in [0.25, 0.3) is 0 Å². The van der Waals surface area contributed by atoms with Gasteiger partial charge in [-0.3, -0.25) is 4.98 Å². The molecule has 0 atom stereocenters. The fourth-order valence-corrected chi connectivity index (χ4v) is 2.20. The van der Waals surface area contributed by atoms with E-state index in [1.165, 1.54) is 25.9 Å². The predicted molar refractivity (Wildman–Crippen MR) is 72.6 cm³/mol. The van der Waals surface area contributed by atoms with Crippen molar-refractivity contribution < 1.29 is 0 Å². The molecule has 2 heterocycles. The molecule has 0 spiro atoms. The largest absolute Gasteiger partial charge is 0.384 e. The molecule has 1 fully saturated rings. The highest BCUT2D eigenvalue weighted by Gasteiger charge is 2.10. The van der Waals surface area contributed by atoms with E-state index in [0.717, 1.165) is 31.0 Å². The molecule has 0 aliphatic carbocycles. The summed E-state index contributed by atoms with van der Waals surface area (Å²) in [5.74, 6) is 0. The van der Waals surface area contributed by atoms with Crippen molar-refractivity contribution in [3.8, 4) is 0 Å². The van der Waals surface area contributed by atoms with E-state index < -0.39 is 0 Å². The average molecular weight is 234 g/mol. The monoisotopic (exact) mass is 234 g/mol. The molecule has 0 aromatic carbocycles. The topological polar surface area (TPSA) is 40.2 Å². The molecule has 0 radical (unpaired) electrons. The van der Waals surface area contributed by atoms with E-state index in [-0.39, 0.29) is 0 Å². The van der Waals surface area contributed by atoms with Gasteiger partial charge in [0.2, 0.25) is 0 Å². The molecule has 0 unspecified atom stereocenters. The van der Waals surface area contributed by atoms with E-state index in [9.17, 15) is 0 Å². The van der Waals surface area contributed by atoms with Gasteiger partial charge in [0, 0.05) is 19.6 Å². The summed E-state index contributed by atoms with van der Waals surface area (Å²) < 4.78 is 0. The molecule has 0 bridgehead atoms. The minimum absolute atomic E-state index is 0.929. The van der Waals surface area contributed by atoms with Gasteiger partial charge in [0.05, 0.1) is 23.8 Å². The van der Waals surface area contributed by atoms with Crippen LogP contribution in [-0.4, -0.2) is 42.6 Å². The van der Waals surface area contributed by atoms with Crippen LogP contribution in [-0.2, 0) is 0 Å². The second kappa shape index (κ2) is 6.45. The molecule has 0 saturated carbocycles. The standard InChI is InChI=1S/C13H22N4/c1-2-15-12-9-13(11-14-10-12)16-5-8-17-6-3-4-7-17/h9-11,15-16H,2-8H2,1H3. The van der Waals surface area contributed by atoms with Gasteiger partial charge >= 0.3 is 0 Å². The lowest BCUT2D eigenvalue weighted by Gasteiger charge is -2.15. The van der Waals surface area contributed by atoms with Gasteiger partial charge in [-0.25, -0.2) is 0 Å². The van der Waals surface area contributed by atoms with Gasteiger partial charge in [-0.1, -0.05) is 0 Å². The highest BCUT2D eigenvalue weighted by Crippen LogP contribution is 2.12. The maximum absolute atomic E-state index is 4.22. The molecule has 17 heavy (non-hydrogen) atoms. The van der Waals surface area contributed by atoms with Gasteiger partial charge in [-0.05, 0) is 38.9 Å². The molecule has 94 valence electrons. The molecular formula is C13H22N4. The summed E-state index contributed by atoms with van der Waals surface area (Å²) in [6, 6.07) is 2.11. The number of nitrogens with one attached hydrogen (secondary N) is 2. The Kier molecular flexibility index (Phi) is 4.62. The molecule has 1 aliphatic rings. The molecule has 4 heteroatoms. The number of hydrogen-bond acceptors (Lipinski definition) is 4. The number of rotatable bonds is 6. The van der Waals surface area contributed by atoms with E-state index >= 15 is 0 Å². The van der Waals surface area contributed by atoms with E-state index in [1.807, 2.05) is 12.4 Å². The van der Waals surface area contributed by atoms with Crippen LogP contribution in [0.5, 0.6) is 0 Å². The number of nitrogens with zero attached hydrogens (tertiary/aromatic N) is 2. The lowest BCUT2D eigenvalue weighted by Crippen LogP contribution is -2.25.